The van der Waals surface area contributed by atoms with Crippen LogP contribution in [0.5, 0.6) is 5.75 Å². The van der Waals surface area contributed by atoms with E-state index in [0.29, 0.717) is 17.1 Å². The fourth-order valence-electron chi connectivity index (χ4n) is 2.51. The van der Waals surface area contributed by atoms with Crippen molar-refractivity contribution in [2.24, 2.45) is 0 Å². The van der Waals surface area contributed by atoms with Crippen LogP contribution in [0.2, 0.25) is 0 Å². The molecule has 0 saturated carbocycles. The molecule has 6 nitrogen and oxygen atoms in total. The van der Waals surface area contributed by atoms with Crippen LogP contribution in [0.3, 0.4) is 0 Å². The molecule has 1 heterocycles. The molecule has 0 atom stereocenters. The van der Waals surface area contributed by atoms with Crippen molar-refractivity contribution in [3.05, 3.63) is 72.1 Å². The minimum atomic E-state index is -3.92. The first-order valence-electron chi connectivity index (χ1n) is 8.06. The van der Waals surface area contributed by atoms with Crippen molar-refractivity contribution in [1.29, 1.82) is 0 Å². The summed E-state index contributed by atoms with van der Waals surface area (Å²) in [7, 11) is -2.46. The molecule has 2 aromatic carbocycles. The molecule has 1 amide bonds. The number of nitrogens with one attached hydrogen (secondary N) is 1. The van der Waals surface area contributed by atoms with E-state index in [1.165, 1.54) is 13.2 Å². The summed E-state index contributed by atoms with van der Waals surface area (Å²) in [6, 6.07) is 18.7. The van der Waals surface area contributed by atoms with Gasteiger partial charge in [-0.25, -0.2) is 8.42 Å². The van der Waals surface area contributed by atoms with Gasteiger partial charge in [0.25, 0.3) is 10.0 Å². The van der Waals surface area contributed by atoms with E-state index in [0.717, 1.165) is 15.6 Å². The summed E-state index contributed by atoms with van der Waals surface area (Å²) in [6.07, 6.45) is 0. The van der Waals surface area contributed by atoms with Crippen LogP contribution in [0.15, 0.2) is 76.3 Å². The maximum atomic E-state index is 13.2. The normalized spacial score (nSPS) is 11.0. The summed E-state index contributed by atoms with van der Waals surface area (Å²) < 4.78 is 32.8. The van der Waals surface area contributed by atoms with Gasteiger partial charge in [0.05, 0.1) is 12.8 Å². The average molecular weight is 402 g/mol. The number of para-hydroxylation sites is 3. The van der Waals surface area contributed by atoms with Crippen LogP contribution in [-0.2, 0) is 14.8 Å². The monoisotopic (exact) mass is 402 g/mol. The predicted molar refractivity (Wildman–Crippen MR) is 107 cm³/mol. The maximum absolute atomic E-state index is 13.2. The van der Waals surface area contributed by atoms with Gasteiger partial charge >= 0.3 is 0 Å². The molecule has 0 aliphatic heterocycles. The first kappa shape index (κ1) is 18.9. The lowest BCUT2D eigenvalue weighted by molar-refractivity contribution is -0.114. The Morgan fingerprint density at radius 2 is 1.74 bits per heavy atom. The van der Waals surface area contributed by atoms with Gasteiger partial charge in [0.2, 0.25) is 5.91 Å². The second kappa shape index (κ2) is 8.24. The first-order chi connectivity index (χ1) is 13.0. The second-order valence-corrected chi connectivity index (χ2v) is 8.57. The number of carbonyl (C=O) groups excluding carboxylic acids is 1. The van der Waals surface area contributed by atoms with Gasteiger partial charge in [-0.15, -0.1) is 11.3 Å². The van der Waals surface area contributed by atoms with Gasteiger partial charge in [-0.2, -0.15) is 0 Å². The van der Waals surface area contributed by atoms with Crippen LogP contribution in [0, 0.1) is 0 Å². The lowest BCUT2D eigenvalue weighted by Crippen LogP contribution is -2.38. The van der Waals surface area contributed by atoms with E-state index in [9.17, 15) is 13.2 Å². The molecular weight excluding hydrogens is 384 g/mol. The average Bonchev–Trinajstić information content (AvgIpc) is 3.22. The molecule has 3 rings (SSSR count). The minimum absolute atomic E-state index is 0.154. The number of amides is 1. The summed E-state index contributed by atoms with van der Waals surface area (Å²) in [5.74, 6) is -0.0858. The van der Waals surface area contributed by atoms with Crippen molar-refractivity contribution in [2.45, 2.75) is 4.21 Å². The summed E-state index contributed by atoms with van der Waals surface area (Å²) in [4.78, 5) is 12.6. The van der Waals surface area contributed by atoms with Crippen molar-refractivity contribution in [2.75, 3.05) is 23.3 Å². The summed E-state index contributed by atoms with van der Waals surface area (Å²) in [5, 5.41) is 4.39. The highest BCUT2D eigenvalue weighted by molar-refractivity contribution is 7.94. The Bertz CT molecular complexity index is 1000. The van der Waals surface area contributed by atoms with Gasteiger partial charge in [-0.3, -0.25) is 9.10 Å². The standard InChI is InChI=1S/C19H18N2O4S2/c1-25-17-11-6-5-10-16(17)21(27(23,24)19-12-7-13-26-19)14-18(22)20-15-8-3-2-4-9-15/h2-13H,14H2,1H3,(H,20,22). The minimum Gasteiger partial charge on any atom is -0.495 e. The molecule has 0 spiro atoms. The first-order valence-corrected chi connectivity index (χ1v) is 10.4. The molecular formula is C19H18N2O4S2. The Hall–Kier alpha value is -2.84. The number of hydrogen-bond acceptors (Lipinski definition) is 5. The molecule has 27 heavy (non-hydrogen) atoms. The molecule has 0 saturated heterocycles. The van der Waals surface area contributed by atoms with E-state index in [1.54, 1.807) is 60.0 Å². The molecule has 3 aromatic rings. The van der Waals surface area contributed by atoms with E-state index in [4.69, 9.17) is 4.74 Å². The molecule has 0 unspecified atom stereocenters. The van der Waals surface area contributed by atoms with E-state index >= 15 is 0 Å². The molecule has 1 aromatic heterocycles. The molecule has 0 aliphatic carbocycles. The van der Waals surface area contributed by atoms with Gasteiger partial charge in [0.1, 0.15) is 16.5 Å². The lowest BCUT2D eigenvalue weighted by Gasteiger charge is -2.24. The highest BCUT2D eigenvalue weighted by Crippen LogP contribution is 2.33. The number of thiophene rings is 1. The maximum Gasteiger partial charge on any atom is 0.274 e. The summed E-state index contributed by atoms with van der Waals surface area (Å²) in [5.41, 5.74) is 0.896. The van der Waals surface area contributed by atoms with Gasteiger partial charge in [0, 0.05) is 5.69 Å². The Kier molecular flexibility index (Phi) is 5.78. The second-order valence-electron chi connectivity index (χ2n) is 5.53. The number of sulfonamides is 1. The van der Waals surface area contributed by atoms with Gasteiger partial charge in [-0.1, -0.05) is 36.4 Å². The topological polar surface area (TPSA) is 75.7 Å². The Morgan fingerprint density at radius 3 is 2.41 bits per heavy atom. The molecule has 140 valence electrons. The quantitative estimate of drug-likeness (QED) is 0.655. The molecule has 0 radical (unpaired) electrons. The Morgan fingerprint density at radius 1 is 1.04 bits per heavy atom. The van der Waals surface area contributed by atoms with Crippen molar-refractivity contribution < 1.29 is 17.9 Å². The van der Waals surface area contributed by atoms with Crippen molar-refractivity contribution in [1.82, 2.24) is 0 Å². The number of anilines is 2. The molecule has 0 bridgehead atoms. The van der Waals surface area contributed by atoms with E-state index < -0.39 is 15.9 Å². The lowest BCUT2D eigenvalue weighted by atomic mass is 10.3. The smallest absolute Gasteiger partial charge is 0.274 e. The van der Waals surface area contributed by atoms with Crippen molar-refractivity contribution >= 4 is 38.6 Å². The number of carbonyl (C=O) groups is 1. The van der Waals surface area contributed by atoms with Crippen LogP contribution in [0.25, 0.3) is 0 Å². The SMILES string of the molecule is COc1ccccc1N(CC(=O)Nc1ccccc1)S(=O)(=O)c1cccs1. The highest BCUT2D eigenvalue weighted by Gasteiger charge is 2.30. The van der Waals surface area contributed by atoms with Gasteiger partial charge in [-0.05, 0) is 35.7 Å². The largest absolute Gasteiger partial charge is 0.495 e. The zero-order valence-corrected chi connectivity index (χ0v) is 16.2. The van der Waals surface area contributed by atoms with Crippen LogP contribution in [-0.4, -0.2) is 28.0 Å². The summed E-state index contributed by atoms with van der Waals surface area (Å²) >= 11 is 1.10. The third kappa shape index (κ3) is 4.29. The molecule has 8 heteroatoms. The van der Waals surface area contributed by atoms with E-state index in [2.05, 4.69) is 5.32 Å². The van der Waals surface area contributed by atoms with Crippen LogP contribution in [0.4, 0.5) is 11.4 Å². The molecule has 0 fully saturated rings. The zero-order chi connectivity index (χ0) is 19.3. The number of ether oxygens (including phenoxy) is 1. The number of nitrogens with zero attached hydrogens (tertiary/aromatic N) is 1. The van der Waals surface area contributed by atoms with Crippen LogP contribution < -0.4 is 14.4 Å². The van der Waals surface area contributed by atoms with E-state index in [1.807, 2.05) is 6.07 Å². The fourth-order valence-corrected chi connectivity index (χ4v) is 5.04. The summed E-state index contributed by atoms with van der Waals surface area (Å²) in [6.45, 7) is -0.379. The van der Waals surface area contributed by atoms with Gasteiger partial charge < -0.3 is 10.1 Å². The Labute approximate surface area is 162 Å². The van der Waals surface area contributed by atoms with Gasteiger partial charge in [0.15, 0.2) is 0 Å². The van der Waals surface area contributed by atoms with Crippen molar-refractivity contribution in [3.63, 3.8) is 0 Å². The fraction of sp³-hybridized carbons (Fsp3) is 0.105. The highest BCUT2D eigenvalue weighted by atomic mass is 32.2. The zero-order valence-electron chi connectivity index (χ0n) is 14.5. The van der Waals surface area contributed by atoms with Crippen molar-refractivity contribution in [3.8, 4) is 5.75 Å². The number of methoxy groups -OCH3 is 1. The third-order valence-electron chi connectivity index (χ3n) is 3.74. The van der Waals surface area contributed by atoms with Crippen LogP contribution in [0.1, 0.15) is 0 Å². The predicted octanol–water partition coefficient (Wildman–Crippen LogP) is 3.59. The van der Waals surface area contributed by atoms with E-state index in [-0.39, 0.29) is 10.8 Å². The van der Waals surface area contributed by atoms with Crippen LogP contribution >= 0.6 is 11.3 Å². The Balaban J connectivity index is 1.96. The number of benzene rings is 2. The third-order valence-corrected chi connectivity index (χ3v) is 6.87. The molecule has 1 N–H and O–H groups in total. The number of hydrogen-bond donors (Lipinski definition) is 1. The molecule has 0 aliphatic rings. The number of rotatable bonds is 7.